The summed E-state index contributed by atoms with van der Waals surface area (Å²) in [6, 6.07) is 7.61. The van der Waals surface area contributed by atoms with Gasteiger partial charge in [0.15, 0.2) is 0 Å². The van der Waals surface area contributed by atoms with Crippen LogP contribution >= 0.6 is 11.6 Å². The fourth-order valence-electron chi connectivity index (χ4n) is 0.788. The van der Waals surface area contributed by atoms with E-state index in [1.54, 1.807) is 6.08 Å². The molecule has 1 aromatic rings. The van der Waals surface area contributed by atoms with Gasteiger partial charge in [0.2, 0.25) is 0 Å². The maximum absolute atomic E-state index is 5.76. The topological polar surface area (TPSA) is 12.0 Å². The lowest BCUT2D eigenvalue weighted by Crippen LogP contribution is -1.96. The van der Waals surface area contributed by atoms with E-state index in [-0.39, 0.29) is 0 Å². The monoisotopic (exact) mass is 167 g/mol. The summed E-state index contributed by atoms with van der Waals surface area (Å²) >= 11 is 5.76. The van der Waals surface area contributed by atoms with Gasteiger partial charge in [0, 0.05) is 17.3 Å². The maximum Gasteiger partial charge on any atom is 0.0426 e. The second-order valence-electron chi connectivity index (χ2n) is 2.18. The molecule has 0 atom stereocenters. The minimum absolute atomic E-state index is 0.749. The number of hydrogen-bond acceptors (Lipinski definition) is 1. The van der Waals surface area contributed by atoms with Gasteiger partial charge in [-0.1, -0.05) is 23.7 Å². The standard InChI is InChI=1S/C9H10ClN/c1-2-6-11-9-5-3-4-8(10)7-9/h2-5,7,11H,1,6H2. The van der Waals surface area contributed by atoms with Crippen LogP contribution < -0.4 is 5.32 Å². The Kier molecular flexibility index (Phi) is 2.99. The van der Waals surface area contributed by atoms with Crippen molar-refractivity contribution in [1.82, 2.24) is 0 Å². The van der Waals surface area contributed by atoms with E-state index < -0.39 is 0 Å². The Labute approximate surface area is 71.7 Å². The Hall–Kier alpha value is -0.950. The van der Waals surface area contributed by atoms with Gasteiger partial charge in [-0.05, 0) is 18.2 Å². The Balaban J connectivity index is 2.63. The van der Waals surface area contributed by atoms with Gasteiger partial charge in [-0.2, -0.15) is 0 Å². The number of anilines is 1. The van der Waals surface area contributed by atoms with Crippen LogP contribution in [0.5, 0.6) is 0 Å². The quantitative estimate of drug-likeness (QED) is 0.683. The van der Waals surface area contributed by atoms with Crippen LogP contribution in [0.15, 0.2) is 36.9 Å². The van der Waals surface area contributed by atoms with Crippen molar-refractivity contribution in [3.63, 3.8) is 0 Å². The number of rotatable bonds is 3. The summed E-state index contributed by atoms with van der Waals surface area (Å²) in [6.45, 7) is 4.37. The highest BCUT2D eigenvalue weighted by Crippen LogP contribution is 2.14. The van der Waals surface area contributed by atoms with Crippen molar-refractivity contribution >= 4 is 17.3 Å². The predicted octanol–water partition coefficient (Wildman–Crippen LogP) is 2.94. The molecule has 58 valence electrons. The molecule has 0 amide bonds. The Morgan fingerprint density at radius 2 is 2.36 bits per heavy atom. The molecular weight excluding hydrogens is 158 g/mol. The van der Waals surface area contributed by atoms with Crippen LogP contribution in [0.25, 0.3) is 0 Å². The highest BCUT2D eigenvalue weighted by Gasteiger charge is 1.89. The normalized spacial score (nSPS) is 9.18. The summed E-state index contributed by atoms with van der Waals surface area (Å²) in [5, 5.41) is 3.88. The van der Waals surface area contributed by atoms with Crippen LogP contribution in [0.3, 0.4) is 0 Å². The molecule has 1 aromatic carbocycles. The molecule has 0 spiro atoms. The number of hydrogen-bond donors (Lipinski definition) is 1. The van der Waals surface area contributed by atoms with Crippen LogP contribution in [0, 0.1) is 0 Å². The van der Waals surface area contributed by atoms with E-state index in [0.717, 1.165) is 17.3 Å². The van der Waals surface area contributed by atoms with Crippen molar-refractivity contribution in [3.8, 4) is 0 Å². The summed E-state index contributed by atoms with van der Waals surface area (Å²) in [7, 11) is 0. The first-order chi connectivity index (χ1) is 5.33. The summed E-state index contributed by atoms with van der Waals surface area (Å²) in [5.74, 6) is 0. The largest absolute Gasteiger partial charge is 0.382 e. The van der Waals surface area contributed by atoms with Crippen LogP contribution in [-0.2, 0) is 0 Å². The predicted molar refractivity (Wildman–Crippen MR) is 50.1 cm³/mol. The molecule has 0 radical (unpaired) electrons. The highest BCUT2D eigenvalue weighted by molar-refractivity contribution is 6.30. The molecule has 2 heteroatoms. The number of nitrogens with one attached hydrogen (secondary N) is 1. The zero-order valence-corrected chi connectivity index (χ0v) is 6.93. The van der Waals surface area contributed by atoms with Crippen molar-refractivity contribution in [3.05, 3.63) is 41.9 Å². The third-order valence-electron chi connectivity index (χ3n) is 1.28. The third kappa shape index (κ3) is 2.64. The third-order valence-corrected chi connectivity index (χ3v) is 1.51. The fraction of sp³-hybridized carbons (Fsp3) is 0.111. The zero-order chi connectivity index (χ0) is 8.10. The van der Waals surface area contributed by atoms with Gasteiger partial charge in [0.1, 0.15) is 0 Å². The molecule has 0 saturated heterocycles. The first-order valence-corrected chi connectivity index (χ1v) is 3.81. The molecule has 0 fully saturated rings. The van der Waals surface area contributed by atoms with E-state index in [4.69, 9.17) is 11.6 Å². The first-order valence-electron chi connectivity index (χ1n) is 3.43. The molecule has 0 heterocycles. The Morgan fingerprint density at radius 3 is 3.00 bits per heavy atom. The smallest absolute Gasteiger partial charge is 0.0426 e. The van der Waals surface area contributed by atoms with E-state index in [1.165, 1.54) is 0 Å². The number of benzene rings is 1. The van der Waals surface area contributed by atoms with E-state index >= 15 is 0 Å². The maximum atomic E-state index is 5.76. The summed E-state index contributed by atoms with van der Waals surface area (Å²) in [6.07, 6.45) is 1.81. The molecule has 0 bridgehead atoms. The fourth-order valence-corrected chi connectivity index (χ4v) is 0.979. The van der Waals surface area contributed by atoms with E-state index in [1.807, 2.05) is 24.3 Å². The molecule has 0 aliphatic heterocycles. The molecule has 1 nitrogen and oxygen atoms in total. The molecule has 1 N–H and O–H groups in total. The zero-order valence-electron chi connectivity index (χ0n) is 6.18. The minimum atomic E-state index is 0.749. The van der Waals surface area contributed by atoms with E-state index in [0.29, 0.717) is 0 Å². The van der Waals surface area contributed by atoms with Gasteiger partial charge in [0.25, 0.3) is 0 Å². The van der Waals surface area contributed by atoms with Crippen molar-refractivity contribution in [1.29, 1.82) is 0 Å². The average Bonchev–Trinajstić information content (AvgIpc) is 2.01. The van der Waals surface area contributed by atoms with Crippen LogP contribution in [0.2, 0.25) is 5.02 Å². The summed E-state index contributed by atoms with van der Waals surface area (Å²) < 4.78 is 0. The van der Waals surface area contributed by atoms with Gasteiger partial charge < -0.3 is 5.32 Å². The first kappa shape index (κ1) is 8.15. The van der Waals surface area contributed by atoms with Crippen LogP contribution in [0.1, 0.15) is 0 Å². The summed E-state index contributed by atoms with van der Waals surface area (Å²) in [4.78, 5) is 0. The van der Waals surface area contributed by atoms with Gasteiger partial charge in [-0.25, -0.2) is 0 Å². The lowest BCUT2D eigenvalue weighted by Gasteiger charge is -2.01. The highest BCUT2D eigenvalue weighted by atomic mass is 35.5. The van der Waals surface area contributed by atoms with Gasteiger partial charge in [-0.3, -0.25) is 0 Å². The molecule has 0 aliphatic carbocycles. The molecule has 0 saturated carbocycles. The van der Waals surface area contributed by atoms with Crippen molar-refractivity contribution in [2.45, 2.75) is 0 Å². The second kappa shape index (κ2) is 4.04. The van der Waals surface area contributed by atoms with Gasteiger partial charge >= 0.3 is 0 Å². The molecular formula is C9H10ClN. The van der Waals surface area contributed by atoms with Gasteiger partial charge in [0.05, 0.1) is 0 Å². The molecule has 1 rings (SSSR count). The SMILES string of the molecule is C=CCNc1cccc(Cl)c1. The van der Waals surface area contributed by atoms with E-state index in [2.05, 4.69) is 11.9 Å². The minimum Gasteiger partial charge on any atom is -0.382 e. The van der Waals surface area contributed by atoms with Gasteiger partial charge in [-0.15, -0.1) is 6.58 Å². The lowest BCUT2D eigenvalue weighted by atomic mass is 10.3. The van der Waals surface area contributed by atoms with Crippen molar-refractivity contribution < 1.29 is 0 Å². The second-order valence-corrected chi connectivity index (χ2v) is 2.62. The van der Waals surface area contributed by atoms with Crippen molar-refractivity contribution in [2.24, 2.45) is 0 Å². The molecule has 11 heavy (non-hydrogen) atoms. The molecule has 0 aromatic heterocycles. The van der Waals surface area contributed by atoms with Crippen molar-refractivity contribution in [2.75, 3.05) is 11.9 Å². The Bertz CT molecular complexity index is 245. The van der Waals surface area contributed by atoms with E-state index in [9.17, 15) is 0 Å². The molecule has 0 aliphatic rings. The lowest BCUT2D eigenvalue weighted by molar-refractivity contribution is 1.34. The average molecular weight is 168 g/mol. The molecule has 0 unspecified atom stereocenters. The van der Waals surface area contributed by atoms with Crippen LogP contribution in [0.4, 0.5) is 5.69 Å². The Morgan fingerprint density at radius 1 is 1.55 bits per heavy atom. The summed E-state index contributed by atoms with van der Waals surface area (Å²) in [5.41, 5.74) is 1.03. The van der Waals surface area contributed by atoms with Crippen LogP contribution in [-0.4, -0.2) is 6.54 Å². The number of halogens is 1.